The second kappa shape index (κ2) is 6.46. The molecule has 0 fully saturated rings. The maximum atomic E-state index is 12.9. The number of thiophene rings is 1. The Labute approximate surface area is 160 Å². The van der Waals surface area contributed by atoms with Gasteiger partial charge in [0, 0.05) is 13.6 Å². The van der Waals surface area contributed by atoms with E-state index in [2.05, 4.69) is 15.2 Å². The van der Waals surface area contributed by atoms with Crippen molar-refractivity contribution in [3.63, 3.8) is 0 Å². The fourth-order valence-corrected chi connectivity index (χ4v) is 4.85. The summed E-state index contributed by atoms with van der Waals surface area (Å²) in [6.45, 7) is 4.42. The largest absolute Gasteiger partial charge is 0.396 e. The first-order chi connectivity index (χ1) is 12.9. The average Bonchev–Trinajstić information content (AvgIpc) is 3.30. The van der Waals surface area contributed by atoms with Crippen LogP contribution in [0, 0.1) is 17.0 Å². The molecule has 0 radical (unpaired) electrons. The Balaban J connectivity index is 2.01. The van der Waals surface area contributed by atoms with E-state index in [4.69, 9.17) is 0 Å². The summed E-state index contributed by atoms with van der Waals surface area (Å²) >= 11 is 2.49. The predicted molar refractivity (Wildman–Crippen MR) is 102 cm³/mol. The molecule has 4 heterocycles. The van der Waals surface area contributed by atoms with Crippen molar-refractivity contribution in [2.75, 3.05) is 0 Å². The van der Waals surface area contributed by atoms with Crippen LogP contribution in [0.3, 0.4) is 0 Å². The molecule has 27 heavy (non-hydrogen) atoms. The Morgan fingerprint density at radius 1 is 1.37 bits per heavy atom. The van der Waals surface area contributed by atoms with Crippen LogP contribution >= 0.6 is 23.1 Å². The van der Waals surface area contributed by atoms with Crippen LogP contribution in [-0.4, -0.2) is 33.6 Å². The lowest BCUT2D eigenvalue weighted by atomic mass is 10.3. The van der Waals surface area contributed by atoms with Crippen molar-refractivity contribution in [1.29, 1.82) is 0 Å². The fourth-order valence-electron chi connectivity index (χ4n) is 2.94. The summed E-state index contributed by atoms with van der Waals surface area (Å²) in [6, 6.07) is 0. The summed E-state index contributed by atoms with van der Waals surface area (Å²) < 4.78 is 5.60. The van der Waals surface area contributed by atoms with Crippen LogP contribution in [0.25, 0.3) is 16.0 Å². The summed E-state index contributed by atoms with van der Waals surface area (Å²) in [4.78, 5) is 27.4. The Hall–Kier alpha value is -2.73. The molecule has 0 amide bonds. The Bertz CT molecular complexity index is 1250. The van der Waals surface area contributed by atoms with Gasteiger partial charge in [-0.2, -0.15) is 0 Å². The van der Waals surface area contributed by atoms with Crippen LogP contribution < -0.4 is 5.56 Å². The zero-order chi connectivity index (χ0) is 19.3. The number of fused-ring (bicyclic) bond motifs is 3. The topological polar surface area (TPSA) is 113 Å². The van der Waals surface area contributed by atoms with E-state index in [-0.39, 0.29) is 11.4 Å². The number of imidazole rings is 1. The molecule has 0 saturated carbocycles. The third-order valence-electron chi connectivity index (χ3n) is 4.14. The van der Waals surface area contributed by atoms with E-state index in [0.29, 0.717) is 27.2 Å². The monoisotopic (exact) mass is 405 g/mol. The molecule has 140 valence electrons. The van der Waals surface area contributed by atoms with Gasteiger partial charge in [-0.3, -0.25) is 13.8 Å². The molecule has 0 atom stereocenters. The number of aryl methyl sites for hydroxylation is 3. The minimum atomic E-state index is -0.524. The molecule has 0 aliphatic rings. The maximum Gasteiger partial charge on any atom is 0.396 e. The smallest absolute Gasteiger partial charge is 0.358 e. The van der Waals surface area contributed by atoms with Gasteiger partial charge in [-0.1, -0.05) is 6.92 Å². The van der Waals surface area contributed by atoms with E-state index in [1.54, 1.807) is 20.6 Å². The summed E-state index contributed by atoms with van der Waals surface area (Å²) in [7, 11) is 1.68. The highest BCUT2D eigenvalue weighted by Crippen LogP contribution is 2.34. The molecule has 0 unspecified atom stereocenters. The lowest BCUT2D eigenvalue weighted by Gasteiger charge is -2.08. The zero-order valence-electron chi connectivity index (χ0n) is 14.7. The molecule has 4 aromatic rings. The zero-order valence-corrected chi connectivity index (χ0v) is 16.4. The normalized spacial score (nSPS) is 11.7. The molecule has 0 aliphatic heterocycles. The molecule has 0 aromatic carbocycles. The first-order valence-corrected chi connectivity index (χ1v) is 9.83. The van der Waals surface area contributed by atoms with Gasteiger partial charge in [0.1, 0.15) is 4.70 Å². The van der Waals surface area contributed by atoms with Gasteiger partial charge in [-0.05, 0) is 46.0 Å². The highest BCUT2D eigenvalue weighted by atomic mass is 32.2. The van der Waals surface area contributed by atoms with E-state index in [9.17, 15) is 14.9 Å². The highest BCUT2D eigenvalue weighted by Gasteiger charge is 2.25. The van der Waals surface area contributed by atoms with Crippen molar-refractivity contribution in [3.05, 3.63) is 37.7 Å². The van der Waals surface area contributed by atoms with Crippen molar-refractivity contribution in [2.45, 2.75) is 37.0 Å². The van der Waals surface area contributed by atoms with Crippen LogP contribution in [0.1, 0.15) is 18.9 Å². The summed E-state index contributed by atoms with van der Waals surface area (Å²) in [5.41, 5.74) is 1.58. The first kappa shape index (κ1) is 17.7. The van der Waals surface area contributed by atoms with Crippen molar-refractivity contribution < 1.29 is 4.92 Å². The summed E-state index contributed by atoms with van der Waals surface area (Å²) in [6.07, 6.45) is 2.16. The molecule has 10 nitrogen and oxygen atoms in total. The lowest BCUT2D eigenvalue weighted by Crippen LogP contribution is -2.22. The molecule has 0 spiro atoms. The number of hydrogen-bond acceptors (Lipinski definition) is 8. The van der Waals surface area contributed by atoms with Crippen molar-refractivity contribution in [3.8, 4) is 0 Å². The molecular formula is C15H15N7O3S2. The second-order valence-corrected chi connectivity index (χ2v) is 7.85. The molecule has 4 aromatic heterocycles. The van der Waals surface area contributed by atoms with Crippen LogP contribution in [0.5, 0.6) is 0 Å². The third-order valence-corrected chi connectivity index (χ3v) is 6.32. The van der Waals surface area contributed by atoms with Crippen molar-refractivity contribution >= 4 is 44.9 Å². The van der Waals surface area contributed by atoms with Gasteiger partial charge in [0.2, 0.25) is 17.3 Å². The number of nitrogens with zero attached hydrogens (tertiary/aromatic N) is 7. The van der Waals surface area contributed by atoms with Crippen molar-refractivity contribution in [2.24, 2.45) is 7.05 Å². The quantitative estimate of drug-likeness (QED) is 0.370. The lowest BCUT2D eigenvalue weighted by molar-refractivity contribution is -0.392. The van der Waals surface area contributed by atoms with Crippen LogP contribution in [0.2, 0.25) is 0 Å². The van der Waals surface area contributed by atoms with Crippen molar-refractivity contribution in [1.82, 2.24) is 28.7 Å². The summed E-state index contributed by atoms with van der Waals surface area (Å²) in [5, 5.41) is 22.4. The number of aromatic nitrogens is 6. The number of rotatable bonds is 5. The second-order valence-electron chi connectivity index (χ2n) is 6.01. The Morgan fingerprint density at radius 2 is 2.15 bits per heavy atom. The third kappa shape index (κ3) is 2.63. The fraction of sp³-hybridized carbons (Fsp3) is 0.333. The van der Waals surface area contributed by atoms with Crippen LogP contribution in [0.4, 0.5) is 5.82 Å². The Kier molecular flexibility index (Phi) is 4.23. The number of hydrogen-bond donors (Lipinski definition) is 0. The van der Waals surface area contributed by atoms with Gasteiger partial charge < -0.3 is 14.7 Å². The Morgan fingerprint density at radius 3 is 2.85 bits per heavy atom. The van der Waals surface area contributed by atoms with E-state index in [1.807, 2.05) is 19.2 Å². The van der Waals surface area contributed by atoms with Gasteiger partial charge in [0.25, 0.3) is 5.56 Å². The number of nitro groups is 1. The van der Waals surface area contributed by atoms with Gasteiger partial charge in [-0.25, -0.2) is 0 Å². The van der Waals surface area contributed by atoms with E-state index in [1.165, 1.54) is 17.7 Å². The molecule has 0 saturated heterocycles. The SMILES string of the molecule is CCCn1c(=O)c2scc(C)c2n2c(Sc3c([N+](=O)[O-])ncn3C)nnc12. The minimum Gasteiger partial charge on any atom is -0.358 e. The molecule has 4 rings (SSSR count). The summed E-state index contributed by atoms with van der Waals surface area (Å²) in [5.74, 6) is 0.197. The van der Waals surface area contributed by atoms with Gasteiger partial charge >= 0.3 is 5.82 Å². The van der Waals surface area contributed by atoms with Gasteiger partial charge in [0.15, 0.2) is 5.03 Å². The van der Waals surface area contributed by atoms with E-state index in [0.717, 1.165) is 29.3 Å². The standard InChI is InChI=1S/C15H15N7O3S2/c1-4-5-20-12(23)10-9(8(2)6-26-10)21-14(20)17-18-15(21)27-13-11(22(24)25)16-7-19(13)3/h6-7H,4-5H2,1-3H3. The van der Waals surface area contributed by atoms with Gasteiger partial charge in [-0.15, -0.1) is 21.5 Å². The first-order valence-electron chi connectivity index (χ1n) is 8.13. The predicted octanol–water partition coefficient (Wildman–Crippen LogP) is 2.62. The van der Waals surface area contributed by atoms with Crippen LogP contribution in [-0.2, 0) is 13.6 Å². The minimum absolute atomic E-state index is 0.0899. The molecule has 0 aliphatic carbocycles. The molecule has 0 N–H and O–H groups in total. The maximum absolute atomic E-state index is 12.9. The average molecular weight is 405 g/mol. The van der Waals surface area contributed by atoms with Crippen LogP contribution in [0.15, 0.2) is 26.7 Å². The molecule has 0 bridgehead atoms. The molecular weight excluding hydrogens is 390 g/mol. The van der Waals surface area contributed by atoms with E-state index < -0.39 is 4.92 Å². The van der Waals surface area contributed by atoms with Gasteiger partial charge in [0.05, 0.1) is 5.52 Å². The molecule has 12 heteroatoms. The van der Waals surface area contributed by atoms with E-state index >= 15 is 0 Å². The highest BCUT2D eigenvalue weighted by molar-refractivity contribution is 7.99.